The van der Waals surface area contributed by atoms with Gasteiger partial charge in [0.2, 0.25) is 5.91 Å². The second-order valence-corrected chi connectivity index (χ2v) is 10.5. The molecule has 0 bridgehead atoms. The molecule has 2 saturated heterocycles. The van der Waals surface area contributed by atoms with E-state index in [9.17, 15) is 28.8 Å². The Hall–Kier alpha value is -4.28. The molecule has 46 heavy (non-hydrogen) atoms. The second kappa shape index (κ2) is 16.9. The van der Waals surface area contributed by atoms with E-state index in [2.05, 4.69) is 5.32 Å². The van der Waals surface area contributed by atoms with Crippen molar-refractivity contribution >= 4 is 41.4 Å². The lowest BCUT2D eigenvalue weighted by Crippen LogP contribution is -2.64. The van der Waals surface area contributed by atoms with Crippen LogP contribution in [0.2, 0.25) is 0 Å². The maximum absolute atomic E-state index is 12.2. The fourth-order valence-corrected chi connectivity index (χ4v) is 4.87. The Morgan fingerprint density at radius 3 is 1.76 bits per heavy atom. The molecule has 0 spiro atoms. The first-order valence-electron chi connectivity index (χ1n) is 14.5. The topological polar surface area (TPSA) is 198 Å². The zero-order valence-corrected chi connectivity index (χ0v) is 26.4. The number of carbonyl (C=O) groups excluding carboxylic acids is 6. The summed E-state index contributed by atoms with van der Waals surface area (Å²) in [4.78, 5) is 70.9. The van der Waals surface area contributed by atoms with Crippen molar-refractivity contribution in [3.05, 3.63) is 24.3 Å². The van der Waals surface area contributed by atoms with Crippen molar-refractivity contribution in [1.82, 2.24) is 0 Å². The van der Waals surface area contributed by atoms with Gasteiger partial charge in [0.05, 0.1) is 6.10 Å². The number of esters is 5. The molecule has 1 aromatic carbocycles. The van der Waals surface area contributed by atoms with Gasteiger partial charge in [-0.1, -0.05) is 0 Å². The number of amides is 1. The van der Waals surface area contributed by atoms with Gasteiger partial charge in [-0.3, -0.25) is 28.8 Å². The summed E-state index contributed by atoms with van der Waals surface area (Å²) in [5, 5.41) is 2.66. The molecule has 0 radical (unpaired) electrons. The molecule has 2 fully saturated rings. The summed E-state index contributed by atoms with van der Waals surface area (Å²) in [6.07, 6.45) is -8.85. The minimum atomic E-state index is -1.45. The lowest BCUT2D eigenvalue weighted by molar-refractivity contribution is -0.332. The van der Waals surface area contributed by atoms with Gasteiger partial charge >= 0.3 is 29.8 Å². The number of nitrogens with one attached hydrogen (secondary N) is 1. The summed E-state index contributed by atoms with van der Waals surface area (Å²) in [6.45, 7) is 6.46. The molecule has 1 aromatic rings. The summed E-state index contributed by atoms with van der Waals surface area (Å²) in [7, 11) is 0. The van der Waals surface area contributed by atoms with Gasteiger partial charge in [0, 0.05) is 53.7 Å². The molecule has 2 heterocycles. The average Bonchev–Trinajstić information content (AvgIpc) is 2.95. The van der Waals surface area contributed by atoms with Crippen molar-refractivity contribution in [3.8, 4) is 5.75 Å². The summed E-state index contributed by atoms with van der Waals surface area (Å²) in [5.41, 5.74) is 0.579. The first-order valence-corrected chi connectivity index (χ1v) is 14.5. The zero-order chi connectivity index (χ0) is 34.0. The third-order valence-corrected chi connectivity index (χ3v) is 6.58. The highest BCUT2D eigenvalue weighted by Crippen LogP contribution is 2.33. The normalized spacial score (nSPS) is 27.3. The van der Waals surface area contributed by atoms with Crippen LogP contribution in [0.25, 0.3) is 0 Å². The molecule has 0 aromatic heterocycles. The molecule has 8 atom stereocenters. The molecule has 2 unspecified atom stereocenters. The smallest absolute Gasteiger partial charge is 0.303 e. The van der Waals surface area contributed by atoms with Gasteiger partial charge in [0.15, 0.2) is 30.9 Å². The number of rotatable bonds is 12. The minimum Gasteiger partial charge on any atom is -0.465 e. The molecule has 2 aliphatic heterocycles. The van der Waals surface area contributed by atoms with E-state index in [0.29, 0.717) is 17.9 Å². The van der Waals surface area contributed by atoms with Crippen LogP contribution in [0, 0.1) is 0 Å². The monoisotopic (exact) mass is 653 g/mol. The number of hydrogen-bond donors (Lipinski definition) is 1. The first kappa shape index (κ1) is 36.2. The second-order valence-electron chi connectivity index (χ2n) is 10.5. The summed E-state index contributed by atoms with van der Waals surface area (Å²) in [5.74, 6) is -3.35. The largest absolute Gasteiger partial charge is 0.465 e. The number of ether oxygens (including phenoxy) is 9. The molecule has 16 heteroatoms. The van der Waals surface area contributed by atoms with E-state index in [1.807, 2.05) is 0 Å². The van der Waals surface area contributed by atoms with Crippen LogP contribution in [-0.2, 0) is 66.7 Å². The molecule has 3 rings (SSSR count). The zero-order valence-electron chi connectivity index (χ0n) is 26.4. The maximum Gasteiger partial charge on any atom is 0.303 e. The van der Waals surface area contributed by atoms with Crippen molar-refractivity contribution in [2.45, 2.75) is 104 Å². The number of anilines is 1. The Bertz CT molecular complexity index is 1250. The van der Waals surface area contributed by atoms with Crippen LogP contribution in [-0.4, -0.2) is 98.2 Å². The van der Waals surface area contributed by atoms with Crippen LogP contribution in [0.5, 0.6) is 5.75 Å². The highest BCUT2D eigenvalue weighted by atomic mass is 16.8. The standard InChI is InChI=1S/C30H39NO15/c1-15(32)31-21-7-9-22(10-8-21)43-26-12-11-23(24(44-26)13-38-16(2)33)45-30-29(42-20(6)37)28(41-19(5)36)27(40-18(4)35)25(46-30)14-39-17(3)34/h7-10,23-30H,11-14H2,1-6H3,(H,31,32)/t23-,24+,25+,26-,27+,28?,29+,30?/m0/s1. The Kier molecular flexibility index (Phi) is 13.3. The third-order valence-electron chi connectivity index (χ3n) is 6.58. The molecule has 1 N–H and O–H groups in total. The van der Waals surface area contributed by atoms with Crippen LogP contribution in [0.1, 0.15) is 54.4 Å². The van der Waals surface area contributed by atoms with E-state index in [1.54, 1.807) is 24.3 Å². The van der Waals surface area contributed by atoms with Gasteiger partial charge in [-0.15, -0.1) is 0 Å². The molecule has 2 aliphatic rings. The van der Waals surface area contributed by atoms with Crippen LogP contribution in [0.15, 0.2) is 24.3 Å². The van der Waals surface area contributed by atoms with Crippen LogP contribution < -0.4 is 10.1 Å². The van der Waals surface area contributed by atoms with E-state index >= 15 is 0 Å². The van der Waals surface area contributed by atoms with E-state index in [0.717, 1.165) is 27.7 Å². The lowest BCUT2D eigenvalue weighted by atomic mass is 9.97. The molecule has 254 valence electrons. The van der Waals surface area contributed by atoms with Gasteiger partial charge in [-0.05, 0) is 30.7 Å². The summed E-state index contributed by atoms with van der Waals surface area (Å²) in [6, 6.07) is 6.62. The highest BCUT2D eigenvalue weighted by molar-refractivity contribution is 5.88. The number of hydrogen-bond acceptors (Lipinski definition) is 15. The Balaban J connectivity index is 1.86. The quantitative estimate of drug-likeness (QED) is 0.252. The van der Waals surface area contributed by atoms with Crippen molar-refractivity contribution in [3.63, 3.8) is 0 Å². The highest BCUT2D eigenvalue weighted by Gasteiger charge is 2.54. The molecular weight excluding hydrogens is 614 g/mol. The van der Waals surface area contributed by atoms with Gasteiger partial charge in [-0.2, -0.15) is 0 Å². The molecular formula is C30H39NO15. The Morgan fingerprint density at radius 2 is 1.22 bits per heavy atom. The predicted molar refractivity (Wildman–Crippen MR) is 153 cm³/mol. The van der Waals surface area contributed by atoms with Crippen LogP contribution in [0.4, 0.5) is 5.69 Å². The Morgan fingerprint density at radius 1 is 0.674 bits per heavy atom. The molecule has 0 aliphatic carbocycles. The molecule has 0 saturated carbocycles. The lowest BCUT2D eigenvalue weighted by Gasteiger charge is -2.46. The van der Waals surface area contributed by atoms with E-state index in [4.69, 9.17) is 42.6 Å². The predicted octanol–water partition coefficient (Wildman–Crippen LogP) is 1.56. The van der Waals surface area contributed by atoms with Crippen LogP contribution in [0.3, 0.4) is 0 Å². The third kappa shape index (κ3) is 11.3. The first-order chi connectivity index (χ1) is 21.7. The van der Waals surface area contributed by atoms with E-state index in [1.165, 1.54) is 13.8 Å². The van der Waals surface area contributed by atoms with Gasteiger partial charge < -0.3 is 47.9 Å². The van der Waals surface area contributed by atoms with Crippen molar-refractivity contribution in [1.29, 1.82) is 0 Å². The van der Waals surface area contributed by atoms with Gasteiger partial charge in [-0.25, -0.2) is 0 Å². The van der Waals surface area contributed by atoms with Gasteiger partial charge in [0.1, 0.15) is 31.2 Å². The summed E-state index contributed by atoms with van der Waals surface area (Å²) >= 11 is 0. The summed E-state index contributed by atoms with van der Waals surface area (Å²) < 4.78 is 51.0. The van der Waals surface area contributed by atoms with Crippen LogP contribution >= 0.6 is 0 Å². The maximum atomic E-state index is 12.2. The van der Waals surface area contributed by atoms with E-state index in [-0.39, 0.29) is 18.9 Å². The fraction of sp³-hybridized carbons (Fsp3) is 0.600. The molecule has 1 amide bonds. The molecule has 16 nitrogen and oxygen atoms in total. The average molecular weight is 654 g/mol. The van der Waals surface area contributed by atoms with E-state index < -0.39 is 85.7 Å². The minimum absolute atomic E-state index is 0.222. The number of benzene rings is 1. The fourth-order valence-electron chi connectivity index (χ4n) is 4.87. The number of carbonyl (C=O) groups is 6. The van der Waals surface area contributed by atoms with Gasteiger partial charge in [0.25, 0.3) is 0 Å². The van der Waals surface area contributed by atoms with Crippen molar-refractivity contribution < 1.29 is 71.4 Å². The Labute approximate surface area is 265 Å². The van der Waals surface area contributed by atoms with Crippen molar-refractivity contribution in [2.24, 2.45) is 0 Å². The SMILES string of the molecule is CC(=O)Nc1ccc(O[C@@H]2CC[C@H](OC3O[C@H](COC(C)=O)[C@@H](OC(C)=O)C(OC(C)=O)[C@H]3OC(C)=O)[C@@H](COC(C)=O)O2)cc1. The van der Waals surface area contributed by atoms with Crippen molar-refractivity contribution in [2.75, 3.05) is 18.5 Å².